The van der Waals surface area contributed by atoms with Crippen molar-refractivity contribution in [2.45, 2.75) is 52.6 Å². The zero-order valence-electron chi connectivity index (χ0n) is 9.23. The fraction of sp³-hybridized carbons (Fsp3) is 0.889. The third kappa shape index (κ3) is 4.98. The Morgan fingerprint density at radius 3 is 1.77 bits per heavy atom. The van der Waals surface area contributed by atoms with E-state index in [0.717, 1.165) is 0 Å². The van der Waals surface area contributed by atoms with E-state index in [1.807, 2.05) is 41.5 Å². The Bertz CT molecular complexity index is 191. The monoisotopic (exact) mass is 206 g/mol. The standard InChI is InChI=1S/C9H19ClN2O/c1-8(2,3)11-7(13)12(10)9(4,5)6/h1-6H3,(H,11,13). The quantitative estimate of drug-likeness (QED) is 0.608. The predicted octanol–water partition coefficient (Wildman–Crippen LogP) is 2.75. The molecule has 0 atom stereocenters. The van der Waals surface area contributed by atoms with Gasteiger partial charge in [0.05, 0.1) is 5.54 Å². The lowest BCUT2D eigenvalue weighted by molar-refractivity contribution is 0.189. The summed E-state index contributed by atoms with van der Waals surface area (Å²) in [5.74, 6) is 0. The molecule has 0 bridgehead atoms. The summed E-state index contributed by atoms with van der Waals surface area (Å²) in [6.45, 7) is 11.4. The number of nitrogens with zero attached hydrogens (tertiary/aromatic N) is 1. The van der Waals surface area contributed by atoms with Crippen molar-refractivity contribution >= 4 is 17.8 Å². The molecule has 0 spiro atoms. The Balaban J connectivity index is 4.30. The van der Waals surface area contributed by atoms with Crippen molar-refractivity contribution < 1.29 is 4.79 Å². The first-order valence-corrected chi connectivity index (χ1v) is 4.66. The molecule has 13 heavy (non-hydrogen) atoms. The Labute approximate surface area is 85.5 Å². The maximum Gasteiger partial charge on any atom is 0.332 e. The number of hydrogen-bond acceptors (Lipinski definition) is 1. The first kappa shape index (κ1) is 12.6. The van der Waals surface area contributed by atoms with Gasteiger partial charge >= 0.3 is 6.03 Å². The van der Waals surface area contributed by atoms with Gasteiger partial charge in [-0.25, -0.2) is 9.21 Å². The van der Waals surface area contributed by atoms with Gasteiger partial charge in [0.1, 0.15) is 0 Å². The molecule has 3 nitrogen and oxygen atoms in total. The molecule has 0 saturated carbocycles. The van der Waals surface area contributed by atoms with Gasteiger partial charge in [-0.15, -0.1) is 0 Å². The summed E-state index contributed by atoms with van der Waals surface area (Å²) in [6, 6.07) is -0.262. The van der Waals surface area contributed by atoms with Crippen LogP contribution in [0.4, 0.5) is 4.79 Å². The topological polar surface area (TPSA) is 32.3 Å². The Morgan fingerprint density at radius 2 is 1.54 bits per heavy atom. The maximum absolute atomic E-state index is 11.5. The lowest BCUT2D eigenvalue weighted by Gasteiger charge is -2.31. The van der Waals surface area contributed by atoms with Crippen LogP contribution in [0.25, 0.3) is 0 Å². The molecule has 4 heteroatoms. The van der Waals surface area contributed by atoms with Crippen molar-refractivity contribution in [1.29, 1.82) is 0 Å². The number of rotatable bonds is 0. The normalized spacial score (nSPS) is 12.5. The second kappa shape index (κ2) is 3.74. The van der Waals surface area contributed by atoms with Crippen LogP contribution in [0.5, 0.6) is 0 Å². The van der Waals surface area contributed by atoms with Crippen LogP contribution in [0.1, 0.15) is 41.5 Å². The molecule has 0 aromatic heterocycles. The Hall–Kier alpha value is -0.440. The highest BCUT2D eigenvalue weighted by Gasteiger charge is 2.27. The number of nitrogens with one attached hydrogen (secondary N) is 1. The molecule has 0 fully saturated rings. The second-order valence-corrected chi connectivity index (χ2v) is 5.47. The number of halogens is 1. The highest BCUT2D eigenvalue weighted by atomic mass is 35.5. The van der Waals surface area contributed by atoms with Gasteiger partial charge in [-0.2, -0.15) is 0 Å². The number of urea groups is 1. The zero-order valence-corrected chi connectivity index (χ0v) is 9.99. The van der Waals surface area contributed by atoms with Gasteiger partial charge in [-0.1, -0.05) is 0 Å². The lowest BCUT2D eigenvalue weighted by atomic mass is 10.1. The lowest BCUT2D eigenvalue weighted by Crippen LogP contribution is -2.50. The molecule has 78 valence electrons. The van der Waals surface area contributed by atoms with Crippen LogP contribution in [-0.2, 0) is 0 Å². The minimum atomic E-state index is -0.364. The van der Waals surface area contributed by atoms with Crippen LogP contribution >= 0.6 is 11.8 Å². The van der Waals surface area contributed by atoms with Crippen LogP contribution in [0.2, 0.25) is 0 Å². The van der Waals surface area contributed by atoms with E-state index in [4.69, 9.17) is 11.8 Å². The molecule has 0 saturated heterocycles. The van der Waals surface area contributed by atoms with Crippen molar-refractivity contribution in [2.75, 3.05) is 0 Å². The molecule has 0 radical (unpaired) electrons. The summed E-state index contributed by atoms with van der Waals surface area (Å²) in [5, 5.41) is 2.78. The number of amides is 2. The van der Waals surface area contributed by atoms with E-state index in [2.05, 4.69) is 5.32 Å². The van der Waals surface area contributed by atoms with Crippen LogP contribution < -0.4 is 5.32 Å². The minimum absolute atomic E-state index is 0.254. The van der Waals surface area contributed by atoms with Crippen molar-refractivity contribution in [2.24, 2.45) is 0 Å². The van der Waals surface area contributed by atoms with Gasteiger partial charge in [-0.3, -0.25) is 0 Å². The minimum Gasteiger partial charge on any atom is -0.332 e. The number of hydrogen-bond donors (Lipinski definition) is 1. The third-order valence-corrected chi connectivity index (χ3v) is 1.91. The first-order valence-electron chi connectivity index (χ1n) is 4.32. The smallest absolute Gasteiger partial charge is 0.332 e. The molecule has 1 N–H and O–H groups in total. The number of carbonyl (C=O) groups excluding carboxylic acids is 1. The molecule has 0 aliphatic rings. The molecule has 2 amide bonds. The van der Waals surface area contributed by atoms with Crippen molar-refractivity contribution in [1.82, 2.24) is 9.74 Å². The summed E-state index contributed by atoms with van der Waals surface area (Å²) in [5.41, 5.74) is -0.619. The molecular weight excluding hydrogens is 188 g/mol. The summed E-state index contributed by atoms with van der Waals surface area (Å²) >= 11 is 5.83. The van der Waals surface area contributed by atoms with E-state index < -0.39 is 0 Å². The second-order valence-electron chi connectivity index (χ2n) is 5.13. The summed E-state index contributed by atoms with van der Waals surface area (Å²) < 4.78 is 1.18. The molecule has 0 aliphatic carbocycles. The van der Waals surface area contributed by atoms with E-state index in [0.29, 0.717) is 0 Å². The fourth-order valence-corrected chi connectivity index (χ4v) is 0.717. The van der Waals surface area contributed by atoms with Crippen LogP contribution in [-0.4, -0.2) is 21.5 Å². The van der Waals surface area contributed by atoms with Crippen molar-refractivity contribution in [3.05, 3.63) is 0 Å². The van der Waals surface area contributed by atoms with E-state index in [1.54, 1.807) is 0 Å². The van der Waals surface area contributed by atoms with E-state index in [9.17, 15) is 4.79 Å². The van der Waals surface area contributed by atoms with Gasteiger partial charge in [0.2, 0.25) is 0 Å². The predicted molar refractivity (Wildman–Crippen MR) is 55.7 cm³/mol. The summed E-state index contributed by atoms with van der Waals surface area (Å²) in [7, 11) is 0. The summed E-state index contributed by atoms with van der Waals surface area (Å²) in [4.78, 5) is 11.5. The first-order chi connectivity index (χ1) is 5.54. The molecule has 0 unspecified atom stereocenters. The fourth-order valence-electron chi connectivity index (χ4n) is 0.675. The third-order valence-electron chi connectivity index (χ3n) is 1.25. The van der Waals surface area contributed by atoms with Gasteiger partial charge in [0.25, 0.3) is 0 Å². The van der Waals surface area contributed by atoms with Crippen LogP contribution in [0.3, 0.4) is 0 Å². The highest BCUT2D eigenvalue weighted by Crippen LogP contribution is 2.16. The van der Waals surface area contributed by atoms with Gasteiger partial charge in [0, 0.05) is 17.3 Å². The number of carbonyl (C=O) groups is 1. The molecule has 0 aliphatic heterocycles. The van der Waals surface area contributed by atoms with Gasteiger partial charge in [0.15, 0.2) is 0 Å². The van der Waals surface area contributed by atoms with Crippen LogP contribution in [0, 0.1) is 0 Å². The zero-order chi connectivity index (χ0) is 10.9. The van der Waals surface area contributed by atoms with Gasteiger partial charge in [-0.05, 0) is 41.5 Å². The van der Waals surface area contributed by atoms with E-state index in [-0.39, 0.29) is 17.1 Å². The molecular formula is C9H19ClN2O. The SMILES string of the molecule is CC(C)(C)NC(=O)N(Cl)C(C)(C)C. The molecule has 0 aromatic carbocycles. The van der Waals surface area contributed by atoms with E-state index in [1.165, 1.54) is 4.42 Å². The van der Waals surface area contributed by atoms with E-state index >= 15 is 0 Å². The average Bonchev–Trinajstić information content (AvgIpc) is 1.79. The van der Waals surface area contributed by atoms with Crippen LogP contribution in [0.15, 0.2) is 0 Å². The maximum atomic E-state index is 11.5. The Kier molecular flexibility index (Phi) is 3.62. The molecule has 0 rings (SSSR count). The average molecular weight is 207 g/mol. The summed E-state index contributed by atoms with van der Waals surface area (Å²) in [6.07, 6.45) is 0. The largest absolute Gasteiger partial charge is 0.332 e. The van der Waals surface area contributed by atoms with Crippen molar-refractivity contribution in [3.8, 4) is 0 Å². The molecule has 0 aromatic rings. The van der Waals surface area contributed by atoms with Gasteiger partial charge < -0.3 is 5.32 Å². The molecule has 0 heterocycles. The highest BCUT2D eigenvalue weighted by molar-refractivity contribution is 6.21. The Morgan fingerprint density at radius 1 is 1.15 bits per heavy atom. The van der Waals surface area contributed by atoms with Crippen molar-refractivity contribution in [3.63, 3.8) is 0 Å².